The number of hydrogen-bond acceptors (Lipinski definition) is 4. The standard InChI is InChI=1S/C15H22N2O3/c1-12(15(19)17-9-7-16-8-10-17)20-14-4-2-13(3-5-14)6-11-18/h2-5,12,16,18H,6-11H2,1H3. The maximum absolute atomic E-state index is 12.2. The van der Waals surface area contributed by atoms with Crippen LogP contribution in [0, 0.1) is 0 Å². The minimum absolute atomic E-state index is 0.0333. The Labute approximate surface area is 119 Å². The molecule has 1 aliphatic heterocycles. The number of hydrogen-bond donors (Lipinski definition) is 2. The van der Waals surface area contributed by atoms with Gasteiger partial charge < -0.3 is 20.1 Å². The highest BCUT2D eigenvalue weighted by atomic mass is 16.5. The molecule has 1 aliphatic rings. The number of aliphatic hydroxyl groups is 1. The lowest BCUT2D eigenvalue weighted by Crippen LogP contribution is -2.50. The van der Waals surface area contributed by atoms with Crippen LogP contribution in [0.15, 0.2) is 24.3 Å². The van der Waals surface area contributed by atoms with Gasteiger partial charge in [-0.25, -0.2) is 0 Å². The van der Waals surface area contributed by atoms with Crippen LogP contribution >= 0.6 is 0 Å². The molecular weight excluding hydrogens is 256 g/mol. The molecule has 5 nitrogen and oxygen atoms in total. The van der Waals surface area contributed by atoms with Crippen LogP contribution in [0.5, 0.6) is 5.75 Å². The smallest absolute Gasteiger partial charge is 0.263 e. The van der Waals surface area contributed by atoms with Crippen LogP contribution in [0.2, 0.25) is 0 Å². The van der Waals surface area contributed by atoms with Crippen molar-refractivity contribution in [2.75, 3.05) is 32.8 Å². The van der Waals surface area contributed by atoms with Crippen molar-refractivity contribution in [3.8, 4) is 5.75 Å². The summed E-state index contributed by atoms with van der Waals surface area (Å²) in [6, 6.07) is 7.50. The van der Waals surface area contributed by atoms with Crippen molar-refractivity contribution in [3.63, 3.8) is 0 Å². The van der Waals surface area contributed by atoms with E-state index in [9.17, 15) is 4.79 Å². The number of amides is 1. The second-order valence-corrected chi connectivity index (χ2v) is 4.95. The molecule has 20 heavy (non-hydrogen) atoms. The van der Waals surface area contributed by atoms with Crippen LogP contribution in [0.4, 0.5) is 0 Å². The molecule has 0 aliphatic carbocycles. The molecule has 2 N–H and O–H groups in total. The van der Waals surface area contributed by atoms with E-state index in [1.807, 2.05) is 29.2 Å². The second kappa shape index (κ2) is 7.26. The third-order valence-electron chi connectivity index (χ3n) is 3.41. The molecule has 0 aromatic heterocycles. The average molecular weight is 278 g/mol. The topological polar surface area (TPSA) is 61.8 Å². The van der Waals surface area contributed by atoms with E-state index in [0.717, 1.165) is 31.7 Å². The van der Waals surface area contributed by atoms with E-state index in [0.29, 0.717) is 12.2 Å². The fourth-order valence-corrected chi connectivity index (χ4v) is 2.26. The molecule has 1 unspecified atom stereocenters. The molecule has 1 atom stereocenters. The Bertz CT molecular complexity index is 427. The van der Waals surface area contributed by atoms with Crippen LogP contribution < -0.4 is 10.1 Å². The molecule has 1 saturated heterocycles. The largest absolute Gasteiger partial charge is 0.481 e. The van der Waals surface area contributed by atoms with Crippen molar-refractivity contribution in [3.05, 3.63) is 29.8 Å². The van der Waals surface area contributed by atoms with Crippen LogP contribution in [0.25, 0.3) is 0 Å². The SMILES string of the molecule is CC(Oc1ccc(CCO)cc1)C(=O)N1CCNCC1. The number of nitrogens with zero attached hydrogens (tertiary/aromatic N) is 1. The zero-order valence-electron chi connectivity index (χ0n) is 11.8. The van der Waals surface area contributed by atoms with Gasteiger partial charge in [-0.1, -0.05) is 12.1 Å². The van der Waals surface area contributed by atoms with Crippen molar-refractivity contribution in [1.82, 2.24) is 10.2 Å². The average Bonchev–Trinajstić information content (AvgIpc) is 2.49. The molecule has 0 saturated carbocycles. The number of ether oxygens (including phenoxy) is 1. The number of nitrogens with one attached hydrogen (secondary N) is 1. The summed E-state index contributed by atoms with van der Waals surface area (Å²) in [4.78, 5) is 14.0. The molecule has 110 valence electrons. The quantitative estimate of drug-likeness (QED) is 0.819. The van der Waals surface area contributed by atoms with Gasteiger partial charge in [0.05, 0.1) is 0 Å². The molecule has 5 heteroatoms. The molecule has 1 aromatic rings. The first-order chi connectivity index (χ1) is 9.70. The van der Waals surface area contributed by atoms with Crippen LogP contribution in [-0.4, -0.2) is 54.8 Å². The van der Waals surface area contributed by atoms with Crippen molar-refractivity contribution in [2.24, 2.45) is 0 Å². The van der Waals surface area contributed by atoms with Gasteiger partial charge in [0.1, 0.15) is 5.75 Å². The molecule has 0 radical (unpaired) electrons. The third kappa shape index (κ3) is 3.95. The third-order valence-corrected chi connectivity index (χ3v) is 3.41. The van der Waals surface area contributed by atoms with Crippen molar-refractivity contribution < 1.29 is 14.6 Å². The first-order valence-electron chi connectivity index (χ1n) is 7.06. The fraction of sp³-hybridized carbons (Fsp3) is 0.533. The summed E-state index contributed by atoms with van der Waals surface area (Å²) in [5.41, 5.74) is 1.06. The summed E-state index contributed by atoms with van der Waals surface area (Å²) in [7, 11) is 0. The Morgan fingerprint density at radius 3 is 2.60 bits per heavy atom. The number of aliphatic hydroxyl groups excluding tert-OH is 1. The lowest BCUT2D eigenvalue weighted by molar-refractivity contribution is -0.138. The molecule has 2 rings (SSSR count). The molecule has 1 fully saturated rings. The van der Waals surface area contributed by atoms with E-state index in [-0.39, 0.29) is 12.5 Å². The zero-order chi connectivity index (χ0) is 14.4. The van der Waals surface area contributed by atoms with Gasteiger partial charge in [0, 0.05) is 32.8 Å². The molecular formula is C15H22N2O3. The maximum atomic E-state index is 12.2. The monoisotopic (exact) mass is 278 g/mol. The lowest BCUT2D eigenvalue weighted by atomic mass is 10.1. The van der Waals surface area contributed by atoms with Gasteiger partial charge in [-0.2, -0.15) is 0 Å². The minimum Gasteiger partial charge on any atom is -0.481 e. The van der Waals surface area contributed by atoms with E-state index in [4.69, 9.17) is 9.84 Å². The number of piperazine rings is 1. The van der Waals surface area contributed by atoms with Crippen LogP contribution in [0.1, 0.15) is 12.5 Å². The Kier molecular flexibility index (Phi) is 5.38. The Hall–Kier alpha value is -1.59. The van der Waals surface area contributed by atoms with Crippen LogP contribution in [0.3, 0.4) is 0 Å². The summed E-state index contributed by atoms with van der Waals surface area (Å²) >= 11 is 0. The Morgan fingerprint density at radius 1 is 1.35 bits per heavy atom. The van der Waals surface area contributed by atoms with E-state index in [2.05, 4.69) is 5.32 Å². The van der Waals surface area contributed by atoms with Crippen molar-refractivity contribution >= 4 is 5.91 Å². The Morgan fingerprint density at radius 2 is 2.00 bits per heavy atom. The fourth-order valence-electron chi connectivity index (χ4n) is 2.26. The van der Waals surface area contributed by atoms with Gasteiger partial charge in [-0.05, 0) is 31.0 Å². The summed E-state index contributed by atoms with van der Waals surface area (Å²) in [6.45, 7) is 5.08. The highest BCUT2D eigenvalue weighted by molar-refractivity contribution is 5.81. The highest BCUT2D eigenvalue weighted by Crippen LogP contribution is 2.15. The normalized spacial score (nSPS) is 16.8. The molecule has 0 spiro atoms. The number of carbonyl (C=O) groups excluding carboxylic acids is 1. The first kappa shape index (κ1) is 14.8. The zero-order valence-corrected chi connectivity index (χ0v) is 11.8. The van der Waals surface area contributed by atoms with Gasteiger partial charge in [-0.15, -0.1) is 0 Å². The predicted molar refractivity (Wildman–Crippen MR) is 76.8 cm³/mol. The molecule has 0 bridgehead atoms. The number of benzene rings is 1. The predicted octanol–water partition coefficient (Wildman–Crippen LogP) is 0.420. The van der Waals surface area contributed by atoms with Crippen molar-refractivity contribution in [1.29, 1.82) is 0 Å². The highest BCUT2D eigenvalue weighted by Gasteiger charge is 2.23. The molecule has 1 amide bonds. The molecule has 1 aromatic carbocycles. The van der Waals surface area contributed by atoms with Crippen LogP contribution in [-0.2, 0) is 11.2 Å². The number of carbonyl (C=O) groups is 1. The summed E-state index contributed by atoms with van der Waals surface area (Å²) in [6.07, 6.45) is 0.159. The van der Waals surface area contributed by atoms with E-state index >= 15 is 0 Å². The van der Waals surface area contributed by atoms with E-state index in [1.165, 1.54) is 0 Å². The van der Waals surface area contributed by atoms with Gasteiger partial charge in [-0.3, -0.25) is 4.79 Å². The van der Waals surface area contributed by atoms with Gasteiger partial charge in [0.25, 0.3) is 5.91 Å². The summed E-state index contributed by atoms with van der Waals surface area (Å²) in [5, 5.41) is 12.1. The van der Waals surface area contributed by atoms with Gasteiger partial charge in [0.15, 0.2) is 6.10 Å². The summed E-state index contributed by atoms with van der Waals surface area (Å²) < 4.78 is 5.69. The van der Waals surface area contributed by atoms with Gasteiger partial charge in [0.2, 0.25) is 0 Å². The van der Waals surface area contributed by atoms with E-state index in [1.54, 1.807) is 6.92 Å². The Balaban J connectivity index is 1.89. The van der Waals surface area contributed by atoms with Crippen molar-refractivity contribution in [2.45, 2.75) is 19.4 Å². The lowest BCUT2D eigenvalue weighted by Gasteiger charge is -2.29. The first-order valence-corrected chi connectivity index (χ1v) is 7.06. The molecule has 1 heterocycles. The second-order valence-electron chi connectivity index (χ2n) is 4.95. The summed E-state index contributed by atoms with van der Waals surface area (Å²) in [5.74, 6) is 0.716. The van der Waals surface area contributed by atoms with E-state index < -0.39 is 6.10 Å². The number of rotatable bonds is 5. The van der Waals surface area contributed by atoms with Gasteiger partial charge >= 0.3 is 0 Å². The minimum atomic E-state index is -0.475. The maximum Gasteiger partial charge on any atom is 0.263 e.